The van der Waals surface area contributed by atoms with E-state index in [-0.39, 0.29) is 5.91 Å². The lowest BCUT2D eigenvalue weighted by atomic mass is 10.1. The third-order valence-electron chi connectivity index (χ3n) is 3.56. The summed E-state index contributed by atoms with van der Waals surface area (Å²) in [6.45, 7) is 9.14. The predicted molar refractivity (Wildman–Crippen MR) is 89.4 cm³/mol. The van der Waals surface area contributed by atoms with E-state index in [0.29, 0.717) is 29.6 Å². The summed E-state index contributed by atoms with van der Waals surface area (Å²) in [6.07, 6.45) is 0. The van der Waals surface area contributed by atoms with Crippen LogP contribution < -0.4 is 5.32 Å². The Bertz CT molecular complexity index is 677. The van der Waals surface area contributed by atoms with E-state index < -0.39 is 0 Å². The van der Waals surface area contributed by atoms with Gasteiger partial charge in [0.15, 0.2) is 0 Å². The fourth-order valence-electron chi connectivity index (χ4n) is 2.35. The van der Waals surface area contributed by atoms with Crippen molar-refractivity contribution in [1.29, 1.82) is 0 Å². The van der Waals surface area contributed by atoms with Gasteiger partial charge in [0, 0.05) is 17.3 Å². The monoisotopic (exact) mass is 319 g/mol. The molecule has 2 aromatic rings. The van der Waals surface area contributed by atoms with E-state index in [1.165, 1.54) is 0 Å². The Morgan fingerprint density at radius 3 is 2.64 bits per heavy atom. The molecule has 0 saturated carbocycles. The lowest BCUT2D eigenvalue weighted by molar-refractivity contribution is 0.0947. The Balaban J connectivity index is 2.24. The van der Waals surface area contributed by atoms with Crippen molar-refractivity contribution >= 4 is 17.5 Å². The zero-order chi connectivity index (χ0) is 16.3. The van der Waals surface area contributed by atoms with Crippen molar-refractivity contribution in [3.05, 3.63) is 51.8 Å². The second-order valence-electron chi connectivity index (χ2n) is 5.90. The third kappa shape index (κ3) is 3.69. The maximum atomic E-state index is 12.3. The van der Waals surface area contributed by atoms with Gasteiger partial charge < -0.3 is 5.32 Å². The average Bonchev–Trinajstić information content (AvgIpc) is 2.73. The van der Waals surface area contributed by atoms with E-state index in [0.717, 1.165) is 17.0 Å². The maximum Gasteiger partial charge on any atom is 0.255 e. The molecule has 1 aromatic heterocycles. The number of hydrogen-bond acceptors (Lipinski definition) is 2. The van der Waals surface area contributed by atoms with Gasteiger partial charge in [-0.2, -0.15) is 5.10 Å². The van der Waals surface area contributed by atoms with Gasteiger partial charge in [-0.25, -0.2) is 0 Å². The van der Waals surface area contributed by atoms with E-state index in [4.69, 9.17) is 11.6 Å². The van der Waals surface area contributed by atoms with Gasteiger partial charge in [0.2, 0.25) is 0 Å². The van der Waals surface area contributed by atoms with Crippen molar-refractivity contribution < 1.29 is 4.79 Å². The van der Waals surface area contributed by atoms with E-state index in [2.05, 4.69) is 24.3 Å². The molecule has 1 heterocycles. The standard InChI is InChI=1S/C17H22ClN3O/c1-11(2)9-19-17(22)16-12(3)20-21(13(16)4)10-14-7-5-6-8-15(14)18/h5-8,11H,9-10H2,1-4H3,(H,19,22). The first-order chi connectivity index (χ1) is 10.4. The summed E-state index contributed by atoms with van der Waals surface area (Å²) in [6, 6.07) is 7.68. The van der Waals surface area contributed by atoms with Crippen LogP contribution in [0.3, 0.4) is 0 Å². The second kappa shape index (κ2) is 6.97. The Kier molecular flexibility index (Phi) is 5.24. The quantitative estimate of drug-likeness (QED) is 0.915. The molecule has 0 aliphatic rings. The van der Waals surface area contributed by atoms with Crippen LogP contribution in [0.15, 0.2) is 24.3 Å². The van der Waals surface area contributed by atoms with Crippen molar-refractivity contribution in [2.24, 2.45) is 5.92 Å². The maximum absolute atomic E-state index is 12.3. The molecule has 0 unspecified atom stereocenters. The summed E-state index contributed by atoms with van der Waals surface area (Å²) in [5.74, 6) is 0.358. The van der Waals surface area contributed by atoms with E-state index in [1.807, 2.05) is 42.8 Å². The number of benzene rings is 1. The van der Waals surface area contributed by atoms with Gasteiger partial charge >= 0.3 is 0 Å². The normalized spacial score (nSPS) is 11.0. The highest BCUT2D eigenvalue weighted by Crippen LogP contribution is 2.19. The topological polar surface area (TPSA) is 46.9 Å². The molecule has 5 heteroatoms. The SMILES string of the molecule is Cc1nn(Cc2ccccc2Cl)c(C)c1C(=O)NCC(C)C. The smallest absolute Gasteiger partial charge is 0.255 e. The number of hydrogen-bond donors (Lipinski definition) is 1. The molecule has 22 heavy (non-hydrogen) atoms. The van der Waals surface area contributed by atoms with Crippen LogP contribution >= 0.6 is 11.6 Å². The van der Waals surface area contributed by atoms with Gasteiger partial charge in [0.05, 0.1) is 17.8 Å². The molecule has 2 rings (SSSR count). The fourth-order valence-corrected chi connectivity index (χ4v) is 2.55. The molecule has 1 aromatic carbocycles. The molecule has 4 nitrogen and oxygen atoms in total. The number of halogens is 1. The number of carbonyl (C=O) groups is 1. The Hall–Kier alpha value is -1.81. The summed E-state index contributed by atoms with van der Waals surface area (Å²) >= 11 is 6.20. The molecule has 0 aliphatic carbocycles. The lowest BCUT2D eigenvalue weighted by Crippen LogP contribution is -2.28. The van der Waals surface area contributed by atoms with Crippen molar-refractivity contribution in [3.63, 3.8) is 0 Å². The Labute approximate surface area is 136 Å². The summed E-state index contributed by atoms with van der Waals surface area (Å²) < 4.78 is 1.83. The fraction of sp³-hybridized carbons (Fsp3) is 0.412. The molecular formula is C17H22ClN3O. The first kappa shape index (κ1) is 16.6. The number of nitrogens with one attached hydrogen (secondary N) is 1. The Morgan fingerprint density at radius 1 is 1.32 bits per heavy atom. The molecule has 1 amide bonds. The van der Waals surface area contributed by atoms with Crippen LogP contribution in [0.5, 0.6) is 0 Å². The van der Waals surface area contributed by atoms with Gasteiger partial charge in [0.25, 0.3) is 5.91 Å². The first-order valence-corrected chi connectivity index (χ1v) is 7.83. The predicted octanol–water partition coefficient (Wildman–Crippen LogP) is 3.59. The van der Waals surface area contributed by atoms with Crippen LogP contribution in [0.25, 0.3) is 0 Å². The van der Waals surface area contributed by atoms with Crippen LogP contribution in [-0.4, -0.2) is 22.2 Å². The minimum absolute atomic E-state index is 0.0610. The molecule has 1 N–H and O–H groups in total. The second-order valence-corrected chi connectivity index (χ2v) is 6.31. The van der Waals surface area contributed by atoms with Crippen LogP contribution in [0, 0.1) is 19.8 Å². The highest BCUT2D eigenvalue weighted by Gasteiger charge is 2.19. The average molecular weight is 320 g/mol. The number of amides is 1. The largest absolute Gasteiger partial charge is 0.352 e. The van der Waals surface area contributed by atoms with E-state index in [9.17, 15) is 4.79 Å². The molecule has 0 fully saturated rings. The van der Waals surface area contributed by atoms with Gasteiger partial charge in [-0.3, -0.25) is 9.48 Å². The molecule has 0 aliphatic heterocycles. The van der Waals surface area contributed by atoms with Crippen LogP contribution in [0.4, 0.5) is 0 Å². The first-order valence-electron chi connectivity index (χ1n) is 7.45. The third-order valence-corrected chi connectivity index (χ3v) is 3.93. The minimum atomic E-state index is -0.0610. The number of carbonyl (C=O) groups excluding carboxylic acids is 1. The number of rotatable bonds is 5. The van der Waals surface area contributed by atoms with Gasteiger partial charge in [-0.15, -0.1) is 0 Å². The molecule has 0 spiro atoms. The summed E-state index contributed by atoms with van der Waals surface area (Å²) in [5, 5.41) is 8.15. The van der Waals surface area contributed by atoms with E-state index >= 15 is 0 Å². The number of aromatic nitrogens is 2. The van der Waals surface area contributed by atoms with Crippen LogP contribution in [-0.2, 0) is 6.54 Å². The molecule has 0 atom stereocenters. The summed E-state index contributed by atoms with van der Waals surface area (Å²) in [4.78, 5) is 12.3. The van der Waals surface area contributed by atoms with Gasteiger partial charge in [0.1, 0.15) is 0 Å². The molecule has 0 bridgehead atoms. The van der Waals surface area contributed by atoms with Gasteiger partial charge in [-0.05, 0) is 31.4 Å². The molecular weight excluding hydrogens is 298 g/mol. The van der Waals surface area contributed by atoms with E-state index in [1.54, 1.807) is 0 Å². The van der Waals surface area contributed by atoms with Crippen molar-refractivity contribution in [2.45, 2.75) is 34.2 Å². The Morgan fingerprint density at radius 2 is 2.00 bits per heavy atom. The summed E-state index contributed by atoms with van der Waals surface area (Å²) in [5.41, 5.74) is 3.25. The number of nitrogens with zero attached hydrogens (tertiary/aromatic N) is 2. The molecule has 0 saturated heterocycles. The number of aryl methyl sites for hydroxylation is 1. The molecule has 118 valence electrons. The van der Waals surface area contributed by atoms with Gasteiger partial charge in [-0.1, -0.05) is 43.6 Å². The minimum Gasteiger partial charge on any atom is -0.352 e. The van der Waals surface area contributed by atoms with Crippen molar-refractivity contribution in [2.75, 3.05) is 6.54 Å². The summed E-state index contributed by atoms with van der Waals surface area (Å²) in [7, 11) is 0. The highest BCUT2D eigenvalue weighted by molar-refractivity contribution is 6.31. The van der Waals surface area contributed by atoms with Crippen molar-refractivity contribution in [3.8, 4) is 0 Å². The van der Waals surface area contributed by atoms with Crippen LogP contribution in [0.2, 0.25) is 5.02 Å². The van der Waals surface area contributed by atoms with Crippen LogP contribution in [0.1, 0.15) is 41.2 Å². The zero-order valence-electron chi connectivity index (χ0n) is 13.5. The molecule has 0 radical (unpaired) electrons. The van der Waals surface area contributed by atoms with Crippen molar-refractivity contribution in [1.82, 2.24) is 15.1 Å². The zero-order valence-corrected chi connectivity index (χ0v) is 14.2. The lowest BCUT2D eigenvalue weighted by Gasteiger charge is -2.09. The highest BCUT2D eigenvalue weighted by atomic mass is 35.5.